The van der Waals surface area contributed by atoms with Gasteiger partial charge in [-0.15, -0.1) is 0 Å². The normalized spacial score (nSPS) is 12.9. The molecule has 0 aliphatic heterocycles. The summed E-state index contributed by atoms with van der Waals surface area (Å²) >= 11 is 0. The predicted molar refractivity (Wildman–Crippen MR) is 72.7 cm³/mol. The highest BCUT2D eigenvalue weighted by Crippen LogP contribution is 2.10. The van der Waals surface area contributed by atoms with Gasteiger partial charge in [0.15, 0.2) is 0 Å². The van der Waals surface area contributed by atoms with E-state index in [1.165, 1.54) is 6.92 Å². The summed E-state index contributed by atoms with van der Waals surface area (Å²) in [5, 5.41) is 0. The summed E-state index contributed by atoms with van der Waals surface area (Å²) in [4.78, 5) is 11.4. The molecule has 0 fully saturated rings. The molecular formula is C12H18N2O4S. The van der Waals surface area contributed by atoms with Crippen LogP contribution in [0.25, 0.3) is 0 Å². The molecule has 0 aromatic heterocycles. The van der Waals surface area contributed by atoms with Crippen LogP contribution in [-0.4, -0.2) is 27.0 Å². The first-order chi connectivity index (χ1) is 8.84. The average molecular weight is 286 g/mol. The minimum Gasteiger partial charge on any atom is -0.465 e. The van der Waals surface area contributed by atoms with Crippen LogP contribution in [0.4, 0.5) is 5.69 Å². The van der Waals surface area contributed by atoms with Gasteiger partial charge in [-0.25, -0.2) is 13.1 Å². The SMILES string of the molecule is CCOC(=O)C(C)NS(=O)(=O)Cc1cccc(N)c1. The van der Waals surface area contributed by atoms with Gasteiger partial charge < -0.3 is 10.5 Å². The third-order valence-electron chi connectivity index (χ3n) is 2.30. The van der Waals surface area contributed by atoms with Crippen LogP contribution < -0.4 is 10.5 Å². The summed E-state index contributed by atoms with van der Waals surface area (Å²) in [6.07, 6.45) is 0. The molecule has 1 atom stereocenters. The molecule has 7 heteroatoms. The van der Waals surface area contributed by atoms with Crippen LogP contribution in [0.3, 0.4) is 0 Å². The molecule has 6 nitrogen and oxygen atoms in total. The van der Waals surface area contributed by atoms with Gasteiger partial charge in [0.1, 0.15) is 6.04 Å². The van der Waals surface area contributed by atoms with Crippen molar-refractivity contribution >= 4 is 21.7 Å². The number of ether oxygens (including phenoxy) is 1. The first-order valence-corrected chi connectivity index (χ1v) is 7.50. The molecule has 3 N–H and O–H groups in total. The molecule has 0 spiro atoms. The number of hydrogen-bond acceptors (Lipinski definition) is 5. The van der Waals surface area contributed by atoms with Gasteiger partial charge in [-0.05, 0) is 31.5 Å². The zero-order valence-electron chi connectivity index (χ0n) is 10.9. The van der Waals surface area contributed by atoms with Gasteiger partial charge in [0.25, 0.3) is 0 Å². The van der Waals surface area contributed by atoms with Gasteiger partial charge >= 0.3 is 5.97 Å². The van der Waals surface area contributed by atoms with E-state index < -0.39 is 22.0 Å². The van der Waals surface area contributed by atoms with E-state index >= 15 is 0 Å². The number of rotatable bonds is 6. The molecule has 0 heterocycles. The smallest absolute Gasteiger partial charge is 0.323 e. The van der Waals surface area contributed by atoms with Crippen LogP contribution in [0.2, 0.25) is 0 Å². The van der Waals surface area contributed by atoms with Crippen molar-refractivity contribution in [2.75, 3.05) is 12.3 Å². The van der Waals surface area contributed by atoms with E-state index in [0.29, 0.717) is 11.3 Å². The van der Waals surface area contributed by atoms with Gasteiger partial charge in [-0.2, -0.15) is 0 Å². The fourth-order valence-electron chi connectivity index (χ4n) is 1.53. The highest BCUT2D eigenvalue weighted by molar-refractivity contribution is 7.88. The number of sulfonamides is 1. The lowest BCUT2D eigenvalue weighted by Gasteiger charge is -2.13. The van der Waals surface area contributed by atoms with E-state index in [1.807, 2.05) is 0 Å². The van der Waals surface area contributed by atoms with E-state index in [0.717, 1.165) is 0 Å². The molecule has 106 valence electrons. The van der Waals surface area contributed by atoms with Crippen molar-refractivity contribution in [3.05, 3.63) is 29.8 Å². The van der Waals surface area contributed by atoms with Crippen LogP contribution in [0.5, 0.6) is 0 Å². The van der Waals surface area contributed by atoms with Crippen LogP contribution >= 0.6 is 0 Å². The van der Waals surface area contributed by atoms with Crippen molar-refractivity contribution in [2.45, 2.75) is 25.6 Å². The molecule has 0 bridgehead atoms. The second kappa shape index (κ2) is 6.53. The summed E-state index contributed by atoms with van der Waals surface area (Å²) in [6, 6.07) is 5.67. The van der Waals surface area contributed by atoms with Gasteiger partial charge in [0, 0.05) is 5.69 Å². The molecule has 19 heavy (non-hydrogen) atoms. The number of carbonyl (C=O) groups excluding carboxylic acids is 1. The fraction of sp³-hybridized carbons (Fsp3) is 0.417. The second-order valence-electron chi connectivity index (χ2n) is 4.10. The predicted octanol–water partition coefficient (Wildman–Crippen LogP) is 0.640. The standard InChI is InChI=1S/C12H18N2O4S/c1-3-18-12(15)9(2)14-19(16,17)8-10-5-4-6-11(13)7-10/h4-7,9,14H,3,8,13H2,1-2H3. The Balaban J connectivity index is 2.69. The van der Waals surface area contributed by atoms with E-state index in [1.54, 1.807) is 31.2 Å². The molecule has 1 unspecified atom stereocenters. The van der Waals surface area contributed by atoms with Crippen molar-refractivity contribution in [3.63, 3.8) is 0 Å². The maximum absolute atomic E-state index is 11.9. The zero-order valence-corrected chi connectivity index (χ0v) is 11.7. The number of benzene rings is 1. The largest absolute Gasteiger partial charge is 0.465 e. The van der Waals surface area contributed by atoms with E-state index in [4.69, 9.17) is 10.5 Å². The summed E-state index contributed by atoms with van der Waals surface area (Å²) < 4.78 is 30.7. The van der Waals surface area contributed by atoms with Gasteiger partial charge in [0.2, 0.25) is 10.0 Å². The summed E-state index contributed by atoms with van der Waals surface area (Å²) in [7, 11) is -3.62. The van der Waals surface area contributed by atoms with Crippen LogP contribution in [0.1, 0.15) is 19.4 Å². The zero-order chi connectivity index (χ0) is 14.5. The Hall–Kier alpha value is -1.60. The summed E-state index contributed by atoms with van der Waals surface area (Å²) in [5.74, 6) is -0.833. The lowest BCUT2D eigenvalue weighted by atomic mass is 10.2. The molecule has 1 rings (SSSR count). The topological polar surface area (TPSA) is 98.5 Å². The van der Waals surface area contributed by atoms with E-state index in [-0.39, 0.29) is 12.4 Å². The fourth-order valence-corrected chi connectivity index (χ4v) is 2.87. The quantitative estimate of drug-likeness (QED) is 0.590. The van der Waals surface area contributed by atoms with Crippen molar-refractivity contribution in [3.8, 4) is 0 Å². The number of hydrogen-bond donors (Lipinski definition) is 2. The highest BCUT2D eigenvalue weighted by Gasteiger charge is 2.21. The van der Waals surface area contributed by atoms with Crippen molar-refractivity contribution in [1.82, 2.24) is 4.72 Å². The number of carbonyl (C=O) groups is 1. The minimum absolute atomic E-state index is 0.208. The Kier molecular flexibility index (Phi) is 5.31. The number of nitrogens with one attached hydrogen (secondary N) is 1. The lowest BCUT2D eigenvalue weighted by Crippen LogP contribution is -2.40. The number of nitrogen functional groups attached to an aromatic ring is 1. The maximum Gasteiger partial charge on any atom is 0.323 e. The second-order valence-corrected chi connectivity index (χ2v) is 5.85. The third kappa shape index (κ3) is 5.27. The summed E-state index contributed by atoms with van der Waals surface area (Å²) in [5.41, 5.74) is 6.63. The Bertz CT molecular complexity index is 542. The van der Waals surface area contributed by atoms with Crippen LogP contribution in [-0.2, 0) is 25.3 Å². The molecule has 1 aromatic rings. The van der Waals surface area contributed by atoms with Gasteiger partial charge in [0.05, 0.1) is 12.4 Å². The molecule has 0 amide bonds. The Morgan fingerprint density at radius 1 is 1.47 bits per heavy atom. The lowest BCUT2D eigenvalue weighted by molar-refractivity contribution is -0.144. The monoisotopic (exact) mass is 286 g/mol. The summed E-state index contributed by atoms with van der Waals surface area (Å²) in [6.45, 7) is 3.31. The minimum atomic E-state index is -3.62. The first-order valence-electron chi connectivity index (χ1n) is 5.85. The molecule has 0 saturated carbocycles. The average Bonchev–Trinajstić information content (AvgIpc) is 2.27. The number of esters is 1. The van der Waals surface area contributed by atoms with Crippen molar-refractivity contribution in [1.29, 1.82) is 0 Å². The van der Waals surface area contributed by atoms with E-state index in [9.17, 15) is 13.2 Å². The third-order valence-corrected chi connectivity index (χ3v) is 3.73. The van der Waals surface area contributed by atoms with Gasteiger partial charge in [-0.1, -0.05) is 12.1 Å². The Morgan fingerprint density at radius 2 is 2.16 bits per heavy atom. The highest BCUT2D eigenvalue weighted by atomic mass is 32.2. The first kappa shape index (κ1) is 15.5. The Labute approximate surface area is 113 Å². The molecular weight excluding hydrogens is 268 g/mol. The Morgan fingerprint density at radius 3 is 2.74 bits per heavy atom. The maximum atomic E-state index is 11.9. The van der Waals surface area contributed by atoms with Crippen LogP contribution in [0, 0.1) is 0 Å². The van der Waals surface area contributed by atoms with Crippen molar-refractivity contribution in [2.24, 2.45) is 0 Å². The molecule has 0 radical (unpaired) electrons. The number of anilines is 1. The van der Waals surface area contributed by atoms with Gasteiger partial charge in [-0.3, -0.25) is 4.79 Å². The van der Waals surface area contributed by atoms with Crippen molar-refractivity contribution < 1.29 is 17.9 Å². The molecule has 0 aliphatic carbocycles. The molecule has 0 saturated heterocycles. The van der Waals surface area contributed by atoms with Crippen LogP contribution in [0.15, 0.2) is 24.3 Å². The van der Waals surface area contributed by atoms with E-state index in [2.05, 4.69) is 4.72 Å². The molecule has 1 aromatic carbocycles. The number of nitrogens with two attached hydrogens (primary N) is 1. The molecule has 0 aliphatic rings.